The van der Waals surface area contributed by atoms with Crippen molar-refractivity contribution in [3.05, 3.63) is 12.1 Å². The van der Waals surface area contributed by atoms with E-state index in [1.54, 1.807) is 12.1 Å². The predicted molar refractivity (Wildman–Crippen MR) is 96.4 cm³/mol. The fraction of sp³-hybridized carbons (Fsp3) is 0.529. The van der Waals surface area contributed by atoms with E-state index in [2.05, 4.69) is 10.6 Å². The Balaban J connectivity index is 2.37. The molecule has 0 saturated carbocycles. The third kappa shape index (κ3) is 5.33. The molecule has 0 aromatic heterocycles. The van der Waals surface area contributed by atoms with E-state index in [9.17, 15) is 9.59 Å². The lowest BCUT2D eigenvalue weighted by atomic mass is 10.2. The Labute approximate surface area is 148 Å². The van der Waals surface area contributed by atoms with Crippen molar-refractivity contribution in [2.24, 2.45) is 0 Å². The summed E-state index contributed by atoms with van der Waals surface area (Å²) >= 11 is 0. The molecule has 2 N–H and O–H groups in total. The maximum atomic E-state index is 12.3. The van der Waals surface area contributed by atoms with Crippen molar-refractivity contribution in [3.63, 3.8) is 0 Å². The number of likely N-dealkylation sites (N-methyl/N-ethyl adjacent to an activating group) is 2. The number of anilines is 2. The van der Waals surface area contributed by atoms with E-state index in [1.165, 1.54) is 14.2 Å². The van der Waals surface area contributed by atoms with Crippen molar-refractivity contribution in [2.45, 2.75) is 6.42 Å². The number of methoxy groups -OCH3 is 2. The van der Waals surface area contributed by atoms with E-state index in [1.807, 2.05) is 23.9 Å². The maximum absolute atomic E-state index is 12.3. The molecule has 2 rings (SSSR count). The number of rotatable bonds is 2. The Hall–Kier alpha value is -2.32. The molecule has 138 valence electrons. The number of benzene rings is 1. The van der Waals surface area contributed by atoms with Crippen molar-refractivity contribution < 1.29 is 19.1 Å². The number of nitrogens with one attached hydrogen (secondary N) is 2. The summed E-state index contributed by atoms with van der Waals surface area (Å²) in [5.41, 5.74) is 0.956. The van der Waals surface area contributed by atoms with E-state index in [-0.39, 0.29) is 24.9 Å². The van der Waals surface area contributed by atoms with Crippen LogP contribution in [0.25, 0.3) is 0 Å². The second-order valence-electron chi connectivity index (χ2n) is 6.18. The molecule has 1 aromatic rings. The van der Waals surface area contributed by atoms with E-state index in [4.69, 9.17) is 9.47 Å². The summed E-state index contributed by atoms with van der Waals surface area (Å²) in [6, 6.07) is 3.30. The number of carbonyl (C=O) groups excluding carboxylic acids is 2. The van der Waals surface area contributed by atoms with Crippen LogP contribution in [0, 0.1) is 0 Å². The van der Waals surface area contributed by atoms with Gasteiger partial charge in [0.1, 0.15) is 0 Å². The van der Waals surface area contributed by atoms with Crippen LogP contribution in [0.3, 0.4) is 0 Å². The van der Waals surface area contributed by atoms with Gasteiger partial charge >= 0.3 is 0 Å². The Morgan fingerprint density at radius 3 is 1.60 bits per heavy atom. The fourth-order valence-corrected chi connectivity index (χ4v) is 2.72. The highest BCUT2D eigenvalue weighted by Crippen LogP contribution is 2.36. The third-order valence-corrected chi connectivity index (χ3v) is 3.98. The molecule has 1 aliphatic rings. The first-order valence-corrected chi connectivity index (χ1v) is 8.15. The van der Waals surface area contributed by atoms with Crippen molar-refractivity contribution in [1.29, 1.82) is 0 Å². The van der Waals surface area contributed by atoms with Crippen molar-refractivity contribution in [2.75, 3.05) is 65.1 Å². The fourth-order valence-electron chi connectivity index (χ4n) is 2.72. The van der Waals surface area contributed by atoms with Gasteiger partial charge in [0.25, 0.3) is 0 Å². The van der Waals surface area contributed by atoms with Gasteiger partial charge in [-0.2, -0.15) is 0 Å². The van der Waals surface area contributed by atoms with Crippen LogP contribution >= 0.6 is 0 Å². The molecule has 1 aliphatic heterocycles. The lowest BCUT2D eigenvalue weighted by Crippen LogP contribution is -2.33. The number of carbonyl (C=O) groups is 2. The molecular formula is C17H26N4O4. The highest BCUT2D eigenvalue weighted by molar-refractivity contribution is 6.01. The molecule has 2 amide bonds. The Morgan fingerprint density at radius 2 is 1.24 bits per heavy atom. The molecule has 1 aromatic carbocycles. The van der Waals surface area contributed by atoms with Gasteiger partial charge in [0.05, 0.1) is 38.7 Å². The van der Waals surface area contributed by atoms with Crippen molar-refractivity contribution >= 4 is 23.2 Å². The van der Waals surface area contributed by atoms with Gasteiger partial charge in [0.15, 0.2) is 11.5 Å². The molecular weight excluding hydrogens is 324 g/mol. The summed E-state index contributed by atoms with van der Waals surface area (Å²) in [5.74, 6) is 0.645. The number of amides is 2. The molecule has 8 nitrogen and oxygen atoms in total. The molecule has 0 unspecified atom stereocenters. The van der Waals surface area contributed by atoms with Gasteiger partial charge in [-0.3, -0.25) is 19.4 Å². The molecule has 0 spiro atoms. The zero-order valence-electron chi connectivity index (χ0n) is 15.2. The topological polar surface area (TPSA) is 83.1 Å². The minimum atomic E-state index is -0.155. The lowest BCUT2D eigenvalue weighted by molar-refractivity contribution is -0.117. The molecule has 25 heavy (non-hydrogen) atoms. The van der Waals surface area contributed by atoms with E-state index >= 15 is 0 Å². The van der Waals surface area contributed by atoms with E-state index < -0.39 is 0 Å². The third-order valence-electron chi connectivity index (χ3n) is 3.98. The Morgan fingerprint density at radius 1 is 0.840 bits per heavy atom. The average Bonchev–Trinajstić information content (AvgIpc) is 2.55. The molecule has 0 bridgehead atoms. The smallest absolute Gasteiger partial charge is 0.238 e. The molecule has 0 aliphatic carbocycles. The van der Waals surface area contributed by atoms with Crippen LogP contribution < -0.4 is 20.1 Å². The second-order valence-corrected chi connectivity index (χ2v) is 6.18. The van der Waals surface area contributed by atoms with Gasteiger partial charge < -0.3 is 20.1 Å². The quantitative estimate of drug-likeness (QED) is 0.823. The number of ether oxygens (including phenoxy) is 2. The van der Waals surface area contributed by atoms with Gasteiger partial charge in [-0.25, -0.2) is 0 Å². The summed E-state index contributed by atoms with van der Waals surface area (Å²) in [5, 5.41) is 5.68. The minimum Gasteiger partial charge on any atom is -0.493 e. The predicted octanol–water partition coefficient (Wildman–Crippen LogP) is 0.848. The van der Waals surface area contributed by atoms with Crippen molar-refractivity contribution in [3.8, 4) is 11.5 Å². The molecule has 8 heteroatoms. The summed E-state index contributed by atoms with van der Waals surface area (Å²) in [4.78, 5) is 28.5. The van der Waals surface area contributed by atoms with Gasteiger partial charge in [0.2, 0.25) is 11.8 Å². The first kappa shape index (κ1) is 19.0. The maximum Gasteiger partial charge on any atom is 0.238 e. The lowest BCUT2D eigenvalue weighted by Gasteiger charge is -2.18. The zero-order valence-corrected chi connectivity index (χ0v) is 15.2. The first-order valence-electron chi connectivity index (χ1n) is 8.15. The highest BCUT2D eigenvalue weighted by Gasteiger charge is 2.18. The molecule has 0 atom stereocenters. The van der Waals surface area contributed by atoms with Gasteiger partial charge in [-0.1, -0.05) is 0 Å². The zero-order chi connectivity index (χ0) is 18.4. The van der Waals surface area contributed by atoms with Crippen LogP contribution in [0.15, 0.2) is 12.1 Å². The molecule has 0 fully saturated rings. The molecule has 0 radical (unpaired) electrons. The largest absolute Gasteiger partial charge is 0.493 e. The van der Waals surface area contributed by atoms with Crippen LogP contribution in [0.5, 0.6) is 11.5 Å². The molecule has 0 saturated heterocycles. The van der Waals surface area contributed by atoms with Crippen LogP contribution in [0.2, 0.25) is 0 Å². The summed E-state index contributed by atoms with van der Waals surface area (Å²) in [7, 11) is 6.84. The van der Waals surface area contributed by atoms with Crippen LogP contribution in [0.4, 0.5) is 11.4 Å². The monoisotopic (exact) mass is 350 g/mol. The van der Waals surface area contributed by atoms with Gasteiger partial charge in [-0.15, -0.1) is 0 Å². The van der Waals surface area contributed by atoms with Gasteiger partial charge in [0, 0.05) is 12.1 Å². The Kier molecular flexibility index (Phi) is 6.60. The SMILES string of the molecule is COc1cc2c(cc1OC)NC(=O)CN(C)CCCN(C)CC(=O)N2. The average molecular weight is 350 g/mol. The molecule has 1 heterocycles. The van der Waals surface area contributed by atoms with Crippen LogP contribution in [-0.2, 0) is 9.59 Å². The number of fused-ring (bicyclic) bond motifs is 1. The summed E-state index contributed by atoms with van der Waals surface area (Å²) < 4.78 is 10.6. The first-order chi connectivity index (χ1) is 11.9. The van der Waals surface area contributed by atoms with Crippen LogP contribution in [-0.4, -0.2) is 76.1 Å². The number of hydrogen-bond acceptors (Lipinski definition) is 6. The van der Waals surface area contributed by atoms with E-state index in [0.29, 0.717) is 22.9 Å². The minimum absolute atomic E-state index is 0.155. The normalized spacial score (nSPS) is 18.1. The van der Waals surface area contributed by atoms with Crippen molar-refractivity contribution in [1.82, 2.24) is 9.80 Å². The number of nitrogens with zero attached hydrogens (tertiary/aromatic N) is 2. The summed E-state index contributed by atoms with van der Waals surface area (Å²) in [6.07, 6.45) is 0.877. The number of hydrogen-bond donors (Lipinski definition) is 2. The second kappa shape index (κ2) is 8.68. The van der Waals surface area contributed by atoms with Gasteiger partial charge in [-0.05, 0) is 33.6 Å². The van der Waals surface area contributed by atoms with Crippen LogP contribution in [0.1, 0.15) is 6.42 Å². The summed E-state index contributed by atoms with van der Waals surface area (Å²) in [6.45, 7) is 2.09. The Bertz CT molecular complexity index is 582. The van der Waals surface area contributed by atoms with E-state index in [0.717, 1.165) is 19.5 Å². The standard InChI is InChI=1S/C17H26N4O4/c1-20-6-5-7-21(2)11-17(23)19-13-9-15(25-4)14(24-3)8-12(13)18-16(22)10-20/h8-9H,5-7,10-11H2,1-4H3,(H,18,22)(H,19,23). The highest BCUT2D eigenvalue weighted by atomic mass is 16.5.